The van der Waals surface area contributed by atoms with Crippen molar-refractivity contribution in [2.75, 3.05) is 6.54 Å². The summed E-state index contributed by atoms with van der Waals surface area (Å²) in [5.74, 6) is -3.21. The van der Waals surface area contributed by atoms with E-state index in [2.05, 4.69) is 15.6 Å². The number of carbonyl (C=O) groups excluding carboxylic acids is 3. The summed E-state index contributed by atoms with van der Waals surface area (Å²) in [5, 5.41) is 15.5. The monoisotopic (exact) mass is 521 g/mol. The zero-order valence-electron chi connectivity index (χ0n) is 19.7. The molecule has 0 saturated carbocycles. The van der Waals surface area contributed by atoms with Gasteiger partial charge in [0.2, 0.25) is 5.91 Å². The number of ketones is 1. The summed E-state index contributed by atoms with van der Waals surface area (Å²) < 4.78 is 32.4. The van der Waals surface area contributed by atoms with Gasteiger partial charge in [-0.15, -0.1) is 0 Å². The summed E-state index contributed by atoms with van der Waals surface area (Å²) in [5.41, 5.74) is 0. The first-order valence-corrected chi connectivity index (χ1v) is 12.8. The van der Waals surface area contributed by atoms with Crippen molar-refractivity contribution in [1.82, 2.24) is 19.9 Å². The molecule has 0 bridgehead atoms. The Labute approximate surface area is 207 Å². The molecule has 0 aromatic carbocycles. The lowest BCUT2D eigenvalue weighted by Gasteiger charge is -2.30. The minimum Gasteiger partial charge on any atom is -0.395 e. The summed E-state index contributed by atoms with van der Waals surface area (Å²) in [7, 11) is -4.21. The molecule has 0 spiro atoms. The van der Waals surface area contributed by atoms with E-state index in [4.69, 9.17) is 4.42 Å². The van der Waals surface area contributed by atoms with Crippen molar-refractivity contribution in [3.8, 4) is 0 Å². The molecule has 3 heterocycles. The topological polar surface area (TPSA) is 182 Å². The number of hydrogen-bond donors (Lipinski definition) is 2. The van der Waals surface area contributed by atoms with Crippen molar-refractivity contribution in [2.24, 2.45) is 5.92 Å². The van der Waals surface area contributed by atoms with Crippen LogP contribution in [0.1, 0.15) is 50.1 Å². The van der Waals surface area contributed by atoms with E-state index in [1.54, 1.807) is 19.9 Å². The van der Waals surface area contributed by atoms with Crippen LogP contribution in [0.25, 0.3) is 0 Å². The van der Waals surface area contributed by atoms with Crippen LogP contribution < -0.4 is 10.6 Å². The number of nitro groups is 1. The fourth-order valence-electron chi connectivity index (χ4n) is 3.74. The average Bonchev–Trinajstić information content (AvgIpc) is 3.26. The van der Waals surface area contributed by atoms with E-state index >= 15 is 0 Å². The van der Waals surface area contributed by atoms with E-state index < -0.39 is 50.6 Å². The van der Waals surface area contributed by atoms with Gasteiger partial charge in [0, 0.05) is 19.2 Å². The van der Waals surface area contributed by atoms with Gasteiger partial charge in [0.1, 0.15) is 11.0 Å². The normalized spacial score (nSPS) is 17.9. The lowest BCUT2D eigenvalue weighted by Crippen LogP contribution is -2.58. The van der Waals surface area contributed by atoms with Gasteiger partial charge < -0.3 is 15.1 Å². The number of hydrogen-bond acceptors (Lipinski definition) is 9. The molecule has 2 atom stereocenters. The van der Waals surface area contributed by atoms with Crippen molar-refractivity contribution in [1.29, 1.82) is 0 Å². The molecule has 1 aliphatic rings. The van der Waals surface area contributed by atoms with Crippen LogP contribution in [0.4, 0.5) is 5.88 Å². The Morgan fingerprint density at radius 1 is 1.25 bits per heavy atom. The van der Waals surface area contributed by atoms with E-state index in [0.29, 0.717) is 12.8 Å². The largest absolute Gasteiger partial charge is 0.433 e. The van der Waals surface area contributed by atoms with Crippen LogP contribution in [0.15, 0.2) is 46.0 Å². The number of rotatable bonds is 9. The lowest BCUT2D eigenvalue weighted by atomic mass is 10.0. The third-order valence-electron chi connectivity index (χ3n) is 5.46. The predicted molar refractivity (Wildman–Crippen MR) is 125 cm³/mol. The number of nitrogens with zero attached hydrogens (tertiary/aromatic N) is 3. The van der Waals surface area contributed by atoms with Gasteiger partial charge in [0.25, 0.3) is 15.9 Å². The van der Waals surface area contributed by atoms with Gasteiger partial charge in [-0.3, -0.25) is 24.5 Å². The predicted octanol–water partition coefficient (Wildman–Crippen LogP) is 1.61. The molecule has 13 nitrogen and oxygen atoms in total. The van der Waals surface area contributed by atoms with E-state index in [9.17, 15) is 32.9 Å². The van der Waals surface area contributed by atoms with Crippen molar-refractivity contribution in [3.63, 3.8) is 0 Å². The molecule has 3 rings (SSSR count). The van der Waals surface area contributed by atoms with E-state index in [0.717, 1.165) is 16.4 Å². The molecule has 0 radical (unpaired) electrons. The number of furan rings is 1. The van der Waals surface area contributed by atoms with E-state index in [1.807, 2.05) is 0 Å². The van der Waals surface area contributed by atoms with Gasteiger partial charge in [-0.05, 0) is 43.4 Å². The van der Waals surface area contributed by atoms with Gasteiger partial charge in [0.05, 0.1) is 6.07 Å². The molecule has 2 aromatic heterocycles. The second kappa shape index (κ2) is 11.4. The van der Waals surface area contributed by atoms with Crippen LogP contribution in [-0.4, -0.2) is 59.0 Å². The summed E-state index contributed by atoms with van der Waals surface area (Å²) in [6, 6.07) is 5.30. The molecule has 194 valence electrons. The fraction of sp³-hybridized carbons (Fsp3) is 0.455. The van der Waals surface area contributed by atoms with Gasteiger partial charge in [-0.25, -0.2) is 13.4 Å². The fourth-order valence-corrected chi connectivity index (χ4v) is 5.24. The number of carbonyl (C=O) groups is 3. The first-order chi connectivity index (χ1) is 17.0. The highest BCUT2D eigenvalue weighted by Crippen LogP contribution is 2.22. The van der Waals surface area contributed by atoms with Gasteiger partial charge in [-0.2, -0.15) is 4.31 Å². The van der Waals surface area contributed by atoms with Crippen LogP contribution in [0, 0.1) is 16.0 Å². The highest BCUT2D eigenvalue weighted by molar-refractivity contribution is 7.89. The van der Waals surface area contributed by atoms with Crippen molar-refractivity contribution in [2.45, 2.75) is 56.8 Å². The second-order valence-corrected chi connectivity index (χ2v) is 10.5. The number of pyridine rings is 1. The molecule has 14 heteroatoms. The maximum atomic E-state index is 13.3. The Hall–Kier alpha value is -3.65. The molecule has 1 aliphatic heterocycles. The average molecular weight is 522 g/mol. The molecule has 1 unspecified atom stereocenters. The van der Waals surface area contributed by atoms with Gasteiger partial charge in [-0.1, -0.05) is 19.9 Å². The first-order valence-electron chi connectivity index (χ1n) is 11.3. The van der Waals surface area contributed by atoms with E-state index in [1.165, 1.54) is 18.3 Å². The minimum atomic E-state index is -4.21. The molecule has 36 heavy (non-hydrogen) atoms. The first kappa shape index (κ1) is 26.9. The Kier molecular flexibility index (Phi) is 8.53. The molecule has 1 saturated heterocycles. The zero-order valence-corrected chi connectivity index (χ0v) is 20.6. The second-order valence-electron chi connectivity index (χ2n) is 8.67. The lowest BCUT2D eigenvalue weighted by molar-refractivity contribution is -0.402. The van der Waals surface area contributed by atoms with Gasteiger partial charge in [0.15, 0.2) is 22.7 Å². The molecule has 1 fully saturated rings. The van der Waals surface area contributed by atoms with E-state index in [-0.39, 0.29) is 36.1 Å². The highest BCUT2D eigenvalue weighted by Gasteiger charge is 2.39. The van der Waals surface area contributed by atoms with Crippen LogP contribution in [0.2, 0.25) is 0 Å². The van der Waals surface area contributed by atoms with Crippen LogP contribution >= 0.6 is 0 Å². The Morgan fingerprint density at radius 3 is 2.61 bits per heavy atom. The summed E-state index contributed by atoms with van der Waals surface area (Å²) in [6.45, 7) is 3.60. The maximum absolute atomic E-state index is 13.3. The number of nitrogens with one attached hydrogen (secondary N) is 2. The quantitative estimate of drug-likeness (QED) is 0.366. The third-order valence-corrected chi connectivity index (χ3v) is 7.24. The Bertz CT molecular complexity index is 1230. The van der Waals surface area contributed by atoms with Crippen molar-refractivity contribution >= 4 is 33.5 Å². The van der Waals surface area contributed by atoms with Crippen LogP contribution in [0.3, 0.4) is 0 Å². The molecule has 2 N–H and O–H groups in total. The van der Waals surface area contributed by atoms with Crippen molar-refractivity contribution in [3.05, 3.63) is 52.4 Å². The number of Topliss-reactive ketones (excluding diaryl/α,β-unsaturated/α-hetero) is 1. The zero-order chi connectivity index (χ0) is 26.5. The summed E-state index contributed by atoms with van der Waals surface area (Å²) in [6.07, 6.45) is 0.900. The number of aromatic nitrogens is 1. The Balaban J connectivity index is 1.85. The maximum Gasteiger partial charge on any atom is 0.433 e. The summed E-state index contributed by atoms with van der Waals surface area (Å²) in [4.78, 5) is 52.7. The minimum absolute atomic E-state index is 0.00708. The highest BCUT2D eigenvalue weighted by atomic mass is 32.2. The SMILES string of the molecule is CC(C)CC(NC(=O)c1ccc([N+](=O)[O-])o1)C(=O)N[C@@H]1C(=O)CCCCN1S(=O)(=O)c1ccccn1. The molecular formula is C22H27N5O8S. The molecule has 2 aromatic rings. The van der Waals surface area contributed by atoms with Crippen LogP contribution in [0.5, 0.6) is 0 Å². The van der Waals surface area contributed by atoms with Crippen molar-refractivity contribution < 1.29 is 32.1 Å². The van der Waals surface area contributed by atoms with Crippen LogP contribution in [-0.2, 0) is 19.6 Å². The van der Waals surface area contributed by atoms with Gasteiger partial charge >= 0.3 is 5.88 Å². The smallest absolute Gasteiger partial charge is 0.395 e. The third kappa shape index (κ3) is 6.31. The summed E-state index contributed by atoms with van der Waals surface area (Å²) >= 11 is 0. The molecular weight excluding hydrogens is 494 g/mol. The molecule has 2 amide bonds. The number of amides is 2. The standard InChI is InChI=1S/C22H27N5O8S/c1-14(2)13-15(24-22(30)17-9-10-19(35-17)27(31)32)21(29)25-20-16(28)7-4-6-12-26(20)36(33,34)18-8-3-5-11-23-18/h3,5,8-11,14-15,20H,4,6-7,12-13H2,1-2H3,(H,24,30)(H,25,29)/t15?,20-/m0/s1. The number of sulfonamides is 1. The Morgan fingerprint density at radius 2 is 2.00 bits per heavy atom. The molecule has 0 aliphatic carbocycles.